The number of hydrogen-bond acceptors (Lipinski definition) is 2. The van der Waals surface area contributed by atoms with E-state index in [1.165, 1.54) is 5.70 Å². The van der Waals surface area contributed by atoms with E-state index in [9.17, 15) is 4.79 Å². The van der Waals surface area contributed by atoms with Crippen molar-refractivity contribution in [2.24, 2.45) is 11.8 Å². The maximum Gasteiger partial charge on any atom is 0.160 e. The van der Waals surface area contributed by atoms with Gasteiger partial charge in [0.1, 0.15) is 0 Å². The lowest BCUT2D eigenvalue weighted by Gasteiger charge is -2.44. The molecular formula is C16H31NO. The lowest BCUT2D eigenvalue weighted by atomic mass is 9.86. The van der Waals surface area contributed by atoms with Crippen LogP contribution in [0.2, 0.25) is 0 Å². The van der Waals surface area contributed by atoms with Gasteiger partial charge in [0.15, 0.2) is 5.78 Å². The zero-order valence-electron chi connectivity index (χ0n) is 13.7. The molecule has 0 unspecified atom stereocenters. The average molecular weight is 253 g/mol. The van der Waals surface area contributed by atoms with Crippen LogP contribution in [0.15, 0.2) is 11.3 Å². The Morgan fingerprint density at radius 2 is 1.61 bits per heavy atom. The maximum absolute atomic E-state index is 12.0. The first kappa shape index (κ1) is 17.2. The predicted octanol–water partition coefficient (Wildman–Crippen LogP) is 4.26. The molecule has 0 aromatic heterocycles. The van der Waals surface area contributed by atoms with Crippen LogP contribution in [0.3, 0.4) is 0 Å². The van der Waals surface area contributed by atoms with Gasteiger partial charge in [0, 0.05) is 30.3 Å². The van der Waals surface area contributed by atoms with Gasteiger partial charge in [0.2, 0.25) is 0 Å². The van der Waals surface area contributed by atoms with E-state index >= 15 is 0 Å². The smallest absolute Gasteiger partial charge is 0.160 e. The van der Waals surface area contributed by atoms with Crippen LogP contribution in [0.4, 0.5) is 0 Å². The minimum Gasteiger partial charge on any atom is -0.372 e. The van der Waals surface area contributed by atoms with Crippen molar-refractivity contribution in [1.82, 2.24) is 4.90 Å². The number of ketones is 1. The predicted molar refractivity (Wildman–Crippen MR) is 79.5 cm³/mol. The number of allylic oxidation sites excluding steroid dienone is 2. The highest BCUT2D eigenvalue weighted by Gasteiger charge is 2.31. The van der Waals surface area contributed by atoms with Crippen LogP contribution >= 0.6 is 0 Å². The van der Waals surface area contributed by atoms with Gasteiger partial charge in [-0.15, -0.1) is 0 Å². The number of carbonyl (C=O) groups excluding carboxylic acids is 1. The Balaban J connectivity index is 5.60. The summed E-state index contributed by atoms with van der Waals surface area (Å²) in [6.45, 7) is 17.2. The Kier molecular flexibility index (Phi) is 6.12. The van der Waals surface area contributed by atoms with Gasteiger partial charge in [0.25, 0.3) is 0 Å². The maximum atomic E-state index is 12.0. The molecule has 106 valence electrons. The molecular weight excluding hydrogens is 222 g/mol. The number of nitrogens with zero attached hydrogens (tertiary/aromatic N) is 1. The number of rotatable bonds is 6. The van der Waals surface area contributed by atoms with Gasteiger partial charge in [-0.25, -0.2) is 0 Å². The fourth-order valence-corrected chi connectivity index (χ4v) is 2.18. The summed E-state index contributed by atoms with van der Waals surface area (Å²) in [6, 6.07) is 0. The van der Waals surface area contributed by atoms with E-state index in [0.29, 0.717) is 18.3 Å². The second kappa shape index (κ2) is 6.40. The molecule has 0 spiro atoms. The summed E-state index contributed by atoms with van der Waals surface area (Å²) >= 11 is 0. The molecule has 0 aromatic rings. The van der Waals surface area contributed by atoms with Crippen molar-refractivity contribution in [3.05, 3.63) is 11.3 Å². The molecule has 0 aromatic carbocycles. The molecule has 0 radical (unpaired) electrons. The molecule has 0 aliphatic carbocycles. The normalized spacial score (nSPS) is 13.9. The van der Waals surface area contributed by atoms with Gasteiger partial charge in [-0.3, -0.25) is 4.79 Å². The Hall–Kier alpha value is -0.790. The molecule has 0 aliphatic rings. The minimum absolute atomic E-state index is 0.0505. The van der Waals surface area contributed by atoms with Gasteiger partial charge in [-0.1, -0.05) is 34.6 Å². The molecule has 0 amide bonds. The van der Waals surface area contributed by atoms with E-state index in [1.54, 1.807) is 0 Å². The van der Waals surface area contributed by atoms with E-state index in [2.05, 4.69) is 53.5 Å². The quantitative estimate of drug-likeness (QED) is 0.659. The zero-order valence-corrected chi connectivity index (χ0v) is 13.7. The van der Waals surface area contributed by atoms with Crippen LogP contribution in [-0.4, -0.2) is 23.3 Å². The number of carbonyl (C=O) groups is 1. The first-order chi connectivity index (χ1) is 8.07. The molecule has 0 saturated heterocycles. The fourth-order valence-electron chi connectivity index (χ4n) is 2.18. The van der Waals surface area contributed by atoms with Crippen molar-refractivity contribution in [3.8, 4) is 0 Å². The average Bonchev–Trinajstić information content (AvgIpc) is 2.26. The minimum atomic E-state index is 0.0505. The van der Waals surface area contributed by atoms with Gasteiger partial charge < -0.3 is 4.90 Å². The standard InChI is InChI=1S/C16H31NO/c1-10-14(18)13(6)15(11(2)3)17(9)16(7,8)12(4)5/h11-12H,10H2,1-9H3/b15-13-. The lowest BCUT2D eigenvalue weighted by Crippen LogP contribution is -2.46. The van der Waals surface area contributed by atoms with Crippen LogP contribution in [0.1, 0.15) is 61.8 Å². The third kappa shape index (κ3) is 3.60. The van der Waals surface area contributed by atoms with E-state index < -0.39 is 0 Å². The molecule has 2 heteroatoms. The summed E-state index contributed by atoms with van der Waals surface area (Å²) in [5.41, 5.74) is 2.15. The number of hydrogen-bond donors (Lipinski definition) is 0. The number of Topliss-reactive ketones (excluding diaryl/α,β-unsaturated/α-hetero) is 1. The third-order valence-corrected chi connectivity index (χ3v) is 4.31. The van der Waals surface area contributed by atoms with Gasteiger partial charge in [-0.2, -0.15) is 0 Å². The monoisotopic (exact) mass is 253 g/mol. The van der Waals surface area contributed by atoms with Gasteiger partial charge >= 0.3 is 0 Å². The van der Waals surface area contributed by atoms with Crippen molar-refractivity contribution >= 4 is 5.78 Å². The third-order valence-electron chi connectivity index (χ3n) is 4.31. The largest absolute Gasteiger partial charge is 0.372 e. The summed E-state index contributed by atoms with van der Waals surface area (Å²) in [7, 11) is 2.11. The van der Waals surface area contributed by atoms with Crippen molar-refractivity contribution in [3.63, 3.8) is 0 Å². The topological polar surface area (TPSA) is 20.3 Å². The highest BCUT2D eigenvalue weighted by Crippen LogP contribution is 2.31. The van der Waals surface area contributed by atoms with Crippen molar-refractivity contribution in [1.29, 1.82) is 0 Å². The second-order valence-corrected chi connectivity index (χ2v) is 6.31. The molecule has 0 N–H and O–H groups in total. The van der Waals surface area contributed by atoms with Crippen molar-refractivity contribution in [2.45, 2.75) is 67.3 Å². The molecule has 0 fully saturated rings. The Bertz CT molecular complexity index is 324. The van der Waals surface area contributed by atoms with E-state index in [4.69, 9.17) is 0 Å². The molecule has 0 aliphatic heterocycles. The van der Waals surface area contributed by atoms with Crippen LogP contribution in [0.5, 0.6) is 0 Å². The molecule has 0 rings (SSSR count). The SMILES string of the molecule is CCC(=O)/C(C)=C(/C(C)C)N(C)C(C)(C)C(C)C. The van der Waals surface area contributed by atoms with E-state index in [1.807, 2.05) is 13.8 Å². The first-order valence-electron chi connectivity index (χ1n) is 7.05. The zero-order chi connectivity index (χ0) is 14.7. The highest BCUT2D eigenvalue weighted by atomic mass is 16.1. The van der Waals surface area contributed by atoms with Crippen LogP contribution in [-0.2, 0) is 4.79 Å². The second-order valence-electron chi connectivity index (χ2n) is 6.31. The molecule has 0 bridgehead atoms. The summed E-state index contributed by atoms with van der Waals surface area (Å²) < 4.78 is 0. The van der Waals surface area contributed by atoms with Gasteiger partial charge in [0.05, 0.1) is 0 Å². The summed E-state index contributed by atoms with van der Waals surface area (Å²) in [6.07, 6.45) is 0.581. The van der Waals surface area contributed by atoms with Crippen molar-refractivity contribution in [2.75, 3.05) is 7.05 Å². The summed E-state index contributed by atoms with van der Waals surface area (Å²) in [5.74, 6) is 1.15. The van der Waals surface area contributed by atoms with Crippen LogP contribution in [0.25, 0.3) is 0 Å². The van der Waals surface area contributed by atoms with Gasteiger partial charge in [-0.05, 0) is 32.6 Å². The van der Waals surface area contributed by atoms with E-state index in [0.717, 1.165) is 5.57 Å². The first-order valence-corrected chi connectivity index (χ1v) is 7.05. The van der Waals surface area contributed by atoms with E-state index in [-0.39, 0.29) is 11.3 Å². The summed E-state index contributed by atoms with van der Waals surface area (Å²) in [5, 5.41) is 0. The summed E-state index contributed by atoms with van der Waals surface area (Å²) in [4.78, 5) is 14.3. The Morgan fingerprint density at radius 3 is 1.89 bits per heavy atom. The fraction of sp³-hybridized carbons (Fsp3) is 0.812. The molecule has 0 atom stereocenters. The van der Waals surface area contributed by atoms with Crippen molar-refractivity contribution < 1.29 is 4.79 Å². The van der Waals surface area contributed by atoms with Crippen LogP contribution < -0.4 is 0 Å². The van der Waals surface area contributed by atoms with Crippen LogP contribution in [0, 0.1) is 11.8 Å². The Morgan fingerprint density at radius 1 is 1.17 bits per heavy atom. The molecule has 2 nitrogen and oxygen atoms in total. The molecule has 0 heterocycles. The highest BCUT2D eigenvalue weighted by molar-refractivity contribution is 5.95. The Labute approximate surface area is 113 Å². The molecule has 18 heavy (non-hydrogen) atoms. The molecule has 0 saturated carbocycles. The lowest BCUT2D eigenvalue weighted by molar-refractivity contribution is -0.115.